The third-order valence-corrected chi connectivity index (χ3v) is 4.71. The van der Waals surface area contributed by atoms with Gasteiger partial charge in [-0.25, -0.2) is 0 Å². The van der Waals surface area contributed by atoms with Gasteiger partial charge in [0.15, 0.2) is 0 Å². The van der Waals surface area contributed by atoms with E-state index in [2.05, 4.69) is 6.92 Å². The van der Waals surface area contributed by atoms with Crippen molar-refractivity contribution < 1.29 is 4.79 Å². The number of unbranched alkanes of at least 4 members (excludes halogenated alkanes) is 8. The molecule has 3 heteroatoms. The molecular formula is C17H32ClNO. The minimum atomic E-state index is 0.284. The van der Waals surface area contributed by atoms with Crippen LogP contribution in [0.3, 0.4) is 0 Å². The second-order valence-corrected chi connectivity index (χ2v) is 6.75. The first-order chi connectivity index (χ1) is 9.74. The Morgan fingerprint density at radius 3 is 2.00 bits per heavy atom. The van der Waals surface area contributed by atoms with Crippen LogP contribution in [0.2, 0.25) is 0 Å². The molecule has 0 aromatic rings. The van der Waals surface area contributed by atoms with Gasteiger partial charge in [-0.1, -0.05) is 58.3 Å². The van der Waals surface area contributed by atoms with Crippen molar-refractivity contribution in [2.75, 3.05) is 13.1 Å². The maximum absolute atomic E-state index is 12.0. The van der Waals surface area contributed by atoms with E-state index in [0.717, 1.165) is 38.8 Å². The second kappa shape index (κ2) is 11.4. The Morgan fingerprint density at radius 2 is 1.45 bits per heavy atom. The predicted molar refractivity (Wildman–Crippen MR) is 87.3 cm³/mol. The molecule has 1 saturated heterocycles. The smallest absolute Gasteiger partial charge is 0.222 e. The van der Waals surface area contributed by atoms with Crippen molar-refractivity contribution in [1.29, 1.82) is 0 Å². The Morgan fingerprint density at radius 1 is 0.950 bits per heavy atom. The van der Waals surface area contributed by atoms with Crippen molar-refractivity contribution >= 4 is 17.5 Å². The Kier molecular flexibility index (Phi) is 10.2. The number of alkyl halides is 1. The van der Waals surface area contributed by atoms with E-state index in [0.29, 0.717) is 5.91 Å². The van der Waals surface area contributed by atoms with Gasteiger partial charge in [0.1, 0.15) is 0 Å². The molecule has 2 nitrogen and oxygen atoms in total. The van der Waals surface area contributed by atoms with Gasteiger partial charge >= 0.3 is 0 Å². The average Bonchev–Trinajstić information content (AvgIpc) is 2.46. The van der Waals surface area contributed by atoms with Crippen LogP contribution in [0.25, 0.3) is 0 Å². The van der Waals surface area contributed by atoms with Crippen molar-refractivity contribution in [2.45, 2.75) is 89.4 Å². The van der Waals surface area contributed by atoms with Crippen LogP contribution in [0, 0.1) is 0 Å². The number of hydrogen-bond donors (Lipinski definition) is 0. The lowest BCUT2D eigenvalue weighted by molar-refractivity contribution is -0.132. The molecule has 0 aromatic carbocycles. The zero-order valence-corrected chi connectivity index (χ0v) is 14.0. The molecule has 118 valence electrons. The zero-order chi connectivity index (χ0) is 14.6. The van der Waals surface area contributed by atoms with Gasteiger partial charge in [0, 0.05) is 24.9 Å². The molecule has 1 aliphatic rings. The highest BCUT2D eigenvalue weighted by atomic mass is 35.5. The number of nitrogens with zero attached hydrogens (tertiary/aromatic N) is 1. The maximum atomic E-state index is 12.0. The van der Waals surface area contributed by atoms with Crippen molar-refractivity contribution in [3.8, 4) is 0 Å². The molecule has 0 aliphatic carbocycles. The lowest BCUT2D eigenvalue weighted by Crippen LogP contribution is -2.38. The minimum absolute atomic E-state index is 0.284. The van der Waals surface area contributed by atoms with Crippen LogP contribution in [-0.2, 0) is 4.79 Å². The number of likely N-dealkylation sites (tertiary alicyclic amines) is 1. The first kappa shape index (κ1) is 17.8. The monoisotopic (exact) mass is 301 g/mol. The highest BCUT2D eigenvalue weighted by Gasteiger charge is 2.20. The second-order valence-electron chi connectivity index (χ2n) is 6.13. The number of piperidine rings is 1. The van der Waals surface area contributed by atoms with Gasteiger partial charge in [-0.05, 0) is 19.3 Å². The molecule has 0 aromatic heterocycles. The molecule has 0 radical (unpaired) electrons. The van der Waals surface area contributed by atoms with E-state index in [1.54, 1.807) is 0 Å². The molecule has 0 N–H and O–H groups in total. The third-order valence-electron chi connectivity index (χ3n) is 4.27. The van der Waals surface area contributed by atoms with Crippen LogP contribution in [0.4, 0.5) is 0 Å². The molecule has 0 atom stereocenters. The first-order valence-electron chi connectivity index (χ1n) is 8.66. The number of halogens is 1. The van der Waals surface area contributed by atoms with Gasteiger partial charge in [0.05, 0.1) is 0 Å². The summed E-state index contributed by atoms with van der Waals surface area (Å²) in [6.07, 6.45) is 14.4. The van der Waals surface area contributed by atoms with Crippen molar-refractivity contribution in [3.63, 3.8) is 0 Å². The van der Waals surface area contributed by atoms with Gasteiger partial charge in [0.2, 0.25) is 5.91 Å². The molecule has 0 saturated carbocycles. The number of amides is 1. The molecule has 1 rings (SSSR count). The fourth-order valence-electron chi connectivity index (χ4n) is 2.84. The first-order valence-corrected chi connectivity index (χ1v) is 9.09. The molecular weight excluding hydrogens is 270 g/mol. The third kappa shape index (κ3) is 8.14. The summed E-state index contributed by atoms with van der Waals surface area (Å²) in [5.74, 6) is 0.344. The standard InChI is InChI=1S/C17H32ClNO/c1-2-3-4-5-6-7-8-9-10-11-17(20)19-14-12-16(18)13-15-19/h16H,2-15H2,1H3. The Hall–Kier alpha value is -0.240. The molecule has 0 bridgehead atoms. The molecule has 1 amide bonds. The highest BCUT2D eigenvalue weighted by molar-refractivity contribution is 6.20. The molecule has 20 heavy (non-hydrogen) atoms. The van der Waals surface area contributed by atoms with Crippen molar-refractivity contribution in [2.24, 2.45) is 0 Å². The molecule has 1 heterocycles. The summed E-state index contributed by atoms with van der Waals surface area (Å²) in [6.45, 7) is 3.99. The van der Waals surface area contributed by atoms with E-state index in [9.17, 15) is 4.79 Å². The highest BCUT2D eigenvalue weighted by Crippen LogP contribution is 2.17. The van der Waals surface area contributed by atoms with Gasteiger partial charge in [-0.2, -0.15) is 0 Å². The predicted octanol–water partition coefficient (Wildman–Crippen LogP) is 5.14. The van der Waals surface area contributed by atoms with Gasteiger partial charge in [-0.3, -0.25) is 4.79 Å². The van der Waals surface area contributed by atoms with E-state index in [4.69, 9.17) is 11.6 Å². The van der Waals surface area contributed by atoms with Crippen molar-refractivity contribution in [1.82, 2.24) is 4.90 Å². The van der Waals surface area contributed by atoms with E-state index in [-0.39, 0.29) is 5.38 Å². The van der Waals surface area contributed by atoms with Crippen LogP contribution < -0.4 is 0 Å². The maximum Gasteiger partial charge on any atom is 0.222 e. The van der Waals surface area contributed by atoms with Crippen LogP contribution in [0.15, 0.2) is 0 Å². The normalized spacial score (nSPS) is 16.6. The van der Waals surface area contributed by atoms with Crippen LogP contribution in [-0.4, -0.2) is 29.3 Å². The van der Waals surface area contributed by atoms with Gasteiger partial charge in [0.25, 0.3) is 0 Å². The summed E-state index contributed by atoms with van der Waals surface area (Å²) in [5.41, 5.74) is 0. The number of hydrogen-bond acceptors (Lipinski definition) is 1. The summed E-state index contributed by atoms with van der Waals surface area (Å²) in [4.78, 5) is 14.0. The number of carbonyl (C=O) groups is 1. The van der Waals surface area contributed by atoms with E-state index in [1.807, 2.05) is 4.90 Å². The summed E-state index contributed by atoms with van der Waals surface area (Å²) < 4.78 is 0. The zero-order valence-electron chi connectivity index (χ0n) is 13.2. The Bertz CT molecular complexity index is 249. The fraction of sp³-hybridized carbons (Fsp3) is 0.941. The lowest BCUT2D eigenvalue weighted by atomic mass is 10.1. The van der Waals surface area contributed by atoms with E-state index in [1.165, 1.54) is 51.4 Å². The fourth-order valence-corrected chi connectivity index (χ4v) is 3.04. The SMILES string of the molecule is CCCCCCCCCCCC(=O)N1CCC(Cl)CC1. The topological polar surface area (TPSA) is 20.3 Å². The van der Waals surface area contributed by atoms with Gasteiger partial charge in [-0.15, -0.1) is 11.6 Å². The lowest BCUT2D eigenvalue weighted by Gasteiger charge is -2.29. The Balaban J connectivity index is 1.89. The molecule has 1 fully saturated rings. The quantitative estimate of drug-likeness (QED) is 0.404. The Labute approximate surface area is 130 Å². The van der Waals surface area contributed by atoms with Crippen molar-refractivity contribution in [3.05, 3.63) is 0 Å². The van der Waals surface area contributed by atoms with Crippen LogP contribution >= 0.6 is 11.6 Å². The molecule has 0 unspecified atom stereocenters. The molecule has 1 aliphatic heterocycles. The number of rotatable bonds is 10. The largest absolute Gasteiger partial charge is 0.343 e. The summed E-state index contributed by atoms with van der Waals surface area (Å²) in [5, 5.41) is 0.284. The van der Waals surface area contributed by atoms with Gasteiger partial charge < -0.3 is 4.90 Å². The number of carbonyl (C=O) groups excluding carboxylic acids is 1. The molecule has 0 spiro atoms. The van der Waals surface area contributed by atoms with E-state index >= 15 is 0 Å². The summed E-state index contributed by atoms with van der Waals surface area (Å²) in [6, 6.07) is 0. The average molecular weight is 302 g/mol. The van der Waals surface area contributed by atoms with E-state index < -0.39 is 0 Å². The summed E-state index contributed by atoms with van der Waals surface area (Å²) in [7, 11) is 0. The van der Waals surface area contributed by atoms with Crippen LogP contribution in [0.1, 0.15) is 84.0 Å². The minimum Gasteiger partial charge on any atom is -0.343 e. The van der Waals surface area contributed by atoms with Crippen LogP contribution in [0.5, 0.6) is 0 Å². The summed E-state index contributed by atoms with van der Waals surface area (Å²) >= 11 is 6.06.